The first-order valence-corrected chi connectivity index (χ1v) is 10.6. The lowest BCUT2D eigenvalue weighted by atomic mass is 9.85. The summed E-state index contributed by atoms with van der Waals surface area (Å²) in [5, 5.41) is 1.96. The van der Waals surface area contributed by atoms with Crippen LogP contribution in [0.25, 0.3) is 0 Å². The zero-order valence-corrected chi connectivity index (χ0v) is 16.7. The number of rotatable bonds is 4. The van der Waals surface area contributed by atoms with Gasteiger partial charge in [-0.1, -0.05) is 6.92 Å². The fourth-order valence-corrected chi connectivity index (χ4v) is 4.87. The Labute approximate surface area is 161 Å². The Bertz CT molecular complexity index is 686. The second-order valence-corrected chi connectivity index (χ2v) is 8.18. The van der Waals surface area contributed by atoms with E-state index in [0.717, 1.165) is 42.6 Å². The van der Waals surface area contributed by atoms with Gasteiger partial charge in [0.05, 0.1) is 10.6 Å². The minimum absolute atomic E-state index is 0.180. The van der Waals surface area contributed by atoms with Crippen molar-refractivity contribution in [3.8, 4) is 12.3 Å². The Balaban J connectivity index is 1.56. The number of nitrogens with zero attached hydrogens (tertiary/aromatic N) is 3. The molecule has 0 radical (unpaired) electrons. The summed E-state index contributed by atoms with van der Waals surface area (Å²) in [6.07, 6.45) is 10.9. The van der Waals surface area contributed by atoms with Gasteiger partial charge in [0.15, 0.2) is 5.78 Å². The molecule has 26 heavy (non-hydrogen) atoms. The summed E-state index contributed by atoms with van der Waals surface area (Å²) in [5.74, 6) is 4.61. The van der Waals surface area contributed by atoms with Crippen molar-refractivity contribution >= 4 is 28.6 Å². The topological polar surface area (TPSA) is 35.9 Å². The summed E-state index contributed by atoms with van der Waals surface area (Å²) >= 11 is 1.49. The molecule has 0 amide bonds. The summed E-state index contributed by atoms with van der Waals surface area (Å²) in [4.78, 5) is 22.6. The highest BCUT2D eigenvalue weighted by atomic mass is 32.1. The number of aliphatic imine (C=N–C) groups is 1. The van der Waals surface area contributed by atoms with Gasteiger partial charge in [-0.15, -0.1) is 23.7 Å². The maximum absolute atomic E-state index is 12.0. The minimum atomic E-state index is 0.180. The third-order valence-electron chi connectivity index (χ3n) is 5.72. The van der Waals surface area contributed by atoms with Gasteiger partial charge in [-0.25, -0.2) is 4.99 Å². The van der Waals surface area contributed by atoms with Gasteiger partial charge in [0.1, 0.15) is 5.84 Å². The molecule has 1 aromatic heterocycles. The van der Waals surface area contributed by atoms with Gasteiger partial charge in [-0.05, 0) is 44.1 Å². The molecule has 2 fully saturated rings. The lowest BCUT2D eigenvalue weighted by Gasteiger charge is -2.42. The fourth-order valence-electron chi connectivity index (χ4n) is 4.02. The molecule has 0 atom stereocenters. The van der Waals surface area contributed by atoms with E-state index in [0.29, 0.717) is 18.4 Å². The second kappa shape index (κ2) is 8.83. The van der Waals surface area contributed by atoms with Crippen molar-refractivity contribution in [3.63, 3.8) is 0 Å². The monoisotopic (exact) mass is 371 g/mol. The van der Waals surface area contributed by atoms with Crippen LogP contribution in [0.5, 0.6) is 0 Å². The zero-order valence-electron chi connectivity index (χ0n) is 15.9. The number of piperazine rings is 1. The van der Waals surface area contributed by atoms with Crippen molar-refractivity contribution in [2.45, 2.75) is 52.0 Å². The molecule has 0 N–H and O–H groups in total. The molecule has 2 heterocycles. The molecule has 1 aromatic rings. The molecule has 1 saturated carbocycles. The van der Waals surface area contributed by atoms with E-state index in [4.69, 9.17) is 11.4 Å². The van der Waals surface area contributed by atoms with E-state index >= 15 is 0 Å². The Morgan fingerprint density at radius 1 is 1.27 bits per heavy atom. The van der Waals surface area contributed by atoms with Crippen LogP contribution in [0, 0.1) is 18.3 Å². The summed E-state index contributed by atoms with van der Waals surface area (Å²) < 4.78 is 0. The summed E-state index contributed by atoms with van der Waals surface area (Å²) in [7, 11) is 0. The predicted molar refractivity (Wildman–Crippen MR) is 109 cm³/mol. The second-order valence-electron chi connectivity index (χ2n) is 7.27. The summed E-state index contributed by atoms with van der Waals surface area (Å²) in [5.41, 5.74) is 0.828. The normalized spacial score (nSPS) is 25.1. The van der Waals surface area contributed by atoms with E-state index in [9.17, 15) is 4.79 Å². The fraction of sp³-hybridized carbons (Fsp3) is 0.619. The molecule has 1 aliphatic heterocycles. The molecule has 0 unspecified atom stereocenters. The van der Waals surface area contributed by atoms with Crippen LogP contribution in [0.15, 0.2) is 16.4 Å². The van der Waals surface area contributed by atoms with E-state index < -0.39 is 0 Å². The molecule has 5 heteroatoms. The largest absolute Gasteiger partial charge is 0.358 e. The van der Waals surface area contributed by atoms with Crippen LogP contribution >= 0.6 is 11.3 Å². The van der Waals surface area contributed by atoms with Gasteiger partial charge in [0.2, 0.25) is 0 Å². The minimum Gasteiger partial charge on any atom is -0.358 e. The van der Waals surface area contributed by atoms with E-state index in [2.05, 4.69) is 22.6 Å². The number of ketones is 1. The quantitative estimate of drug-likeness (QED) is 0.344. The molecule has 1 aliphatic carbocycles. The van der Waals surface area contributed by atoms with Crippen molar-refractivity contribution in [1.82, 2.24) is 9.80 Å². The first-order chi connectivity index (χ1) is 12.6. The van der Waals surface area contributed by atoms with Crippen LogP contribution in [-0.4, -0.2) is 53.6 Å². The highest BCUT2D eigenvalue weighted by molar-refractivity contribution is 7.12. The van der Waals surface area contributed by atoms with Gasteiger partial charge in [-0.3, -0.25) is 9.69 Å². The lowest BCUT2D eigenvalue weighted by Crippen LogP contribution is -2.52. The number of carbonyl (C=O) groups is 1. The molecule has 3 rings (SSSR count). The van der Waals surface area contributed by atoms with Gasteiger partial charge < -0.3 is 4.90 Å². The van der Waals surface area contributed by atoms with Gasteiger partial charge in [0.25, 0.3) is 0 Å². The smallest absolute Gasteiger partial charge is 0.174 e. The standard InChI is InChI=1S/C21H29N3OS/c1-4-17-6-8-18(9-7-17)24-13-11-23(12-14-24)16(3)22-19-10-15-26-21(19)20(25)5-2/h1,10,15,17-18H,5-9,11-14H2,2-3H3/b22-16+. The van der Waals surface area contributed by atoms with Crippen LogP contribution < -0.4 is 0 Å². The highest BCUT2D eigenvalue weighted by Gasteiger charge is 2.28. The van der Waals surface area contributed by atoms with Crippen LogP contribution in [0.4, 0.5) is 5.69 Å². The maximum atomic E-state index is 12.0. The van der Waals surface area contributed by atoms with Crippen LogP contribution in [0.1, 0.15) is 55.6 Å². The van der Waals surface area contributed by atoms with Crippen LogP contribution in [0.2, 0.25) is 0 Å². The van der Waals surface area contributed by atoms with Crippen molar-refractivity contribution in [1.29, 1.82) is 0 Å². The molecule has 140 valence electrons. The zero-order chi connectivity index (χ0) is 18.5. The molecular formula is C21H29N3OS. The van der Waals surface area contributed by atoms with Crippen LogP contribution in [0.3, 0.4) is 0 Å². The van der Waals surface area contributed by atoms with Gasteiger partial charge >= 0.3 is 0 Å². The molecule has 2 aliphatic rings. The highest BCUT2D eigenvalue weighted by Crippen LogP contribution is 2.29. The van der Waals surface area contributed by atoms with Crippen molar-refractivity contribution in [2.24, 2.45) is 10.9 Å². The average Bonchev–Trinajstić information content (AvgIpc) is 3.15. The number of terminal acetylenes is 1. The van der Waals surface area contributed by atoms with E-state index in [1.165, 1.54) is 37.0 Å². The molecule has 0 bridgehead atoms. The van der Waals surface area contributed by atoms with Crippen molar-refractivity contribution in [2.75, 3.05) is 26.2 Å². The van der Waals surface area contributed by atoms with E-state index in [1.807, 2.05) is 18.4 Å². The first kappa shape index (κ1) is 19.1. The summed E-state index contributed by atoms with van der Waals surface area (Å²) in [6, 6.07) is 2.65. The van der Waals surface area contributed by atoms with Crippen molar-refractivity contribution in [3.05, 3.63) is 16.3 Å². The number of hydrogen-bond donors (Lipinski definition) is 0. The number of hydrogen-bond acceptors (Lipinski definition) is 4. The predicted octanol–water partition coefficient (Wildman–Crippen LogP) is 4.20. The van der Waals surface area contributed by atoms with Gasteiger partial charge in [0, 0.05) is 44.6 Å². The summed E-state index contributed by atoms with van der Waals surface area (Å²) in [6.45, 7) is 8.15. The SMILES string of the molecule is C#CC1CCC(N2CCN(/C(C)=N/c3ccsc3C(=O)CC)CC2)CC1. The number of amidine groups is 1. The molecule has 1 saturated heterocycles. The number of Topliss-reactive ketones (excluding diaryl/α,β-unsaturated/α-hetero) is 1. The van der Waals surface area contributed by atoms with E-state index in [-0.39, 0.29) is 5.78 Å². The van der Waals surface area contributed by atoms with E-state index in [1.54, 1.807) is 0 Å². The average molecular weight is 372 g/mol. The van der Waals surface area contributed by atoms with Gasteiger partial charge in [-0.2, -0.15) is 0 Å². The van der Waals surface area contributed by atoms with Crippen LogP contribution in [-0.2, 0) is 0 Å². The molecule has 4 nitrogen and oxygen atoms in total. The van der Waals surface area contributed by atoms with Crippen molar-refractivity contribution < 1.29 is 4.79 Å². The Kier molecular flexibility index (Phi) is 6.50. The third-order valence-corrected chi connectivity index (χ3v) is 6.67. The Morgan fingerprint density at radius 2 is 1.96 bits per heavy atom. The molecular weight excluding hydrogens is 342 g/mol. The lowest BCUT2D eigenvalue weighted by molar-refractivity contribution is 0.0992. The first-order valence-electron chi connectivity index (χ1n) is 9.73. The maximum Gasteiger partial charge on any atom is 0.174 e. The third kappa shape index (κ3) is 4.36. The Hall–Kier alpha value is -1.64. The molecule has 0 spiro atoms. The number of carbonyl (C=O) groups excluding carboxylic acids is 1. The molecule has 0 aromatic carbocycles. The number of thiophene rings is 1. The Morgan fingerprint density at radius 3 is 2.58 bits per heavy atom.